The summed E-state index contributed by atoms with van der Waals surface area (Å²) in [5.74, 6) is 0.390. The number of anilines is 1. The summed E-state index contributed by atoms with van der Waals surface area (Å²) < 4.78 is 10.5. The number of carbonyl (C=O) groups is 2. The SMILES string of the molecule is COc1ccc(-c2nc(C(=O)NCC(=O)Nc3cccc(Cl)c3C)cs2)cc1OC. The minimum Gasteiger partial charge on any atom is -0.493 e. The van der Waals surface area contributed by atoms with Crippen molar-refractivity contribution in [3.05, 3.63) is 58.1 Å². The molecule has 0 fully saturated rings. The van der Waals surface area contributed by atoms with Crippen LogP contribution in [0.2, 0.25) is 5.02 Å². The molecule has 156 valence electrons. The number of thiazole rings is 1. The van der Waals surface area contributed by atoms with Gasteiger partial charge in [-0.2, -0.15) is 0 Å². The van der Waals surface area contributed by atoms with E-state index in [9.17, 15) is 9.59 Å². The summed E-state index contributed by atoms with van der Waals surface area (Å²) >= 11 is 7.37. The second-order valence-corrected chi connectivity index (χ2v) is 7.52. The molecule has 0 bridgehead atoms. The fourth-order valence-corrected chi connectivity index (χ4v) is 3.64. The minimum absolute atomic E-state index is 0.187. The van der Waals surface area contributed by atoms with Crippen LogP contribution in [0.4, 0.5) is 5.69 Å². The van der Waals surface area contributed by atoms with Gasteiger partial charge in [-0.3, -0.25) is 9.59 Å². The molecule has 3 aromatic rings. The topological polar surface area (TPSA) is 89.5 Å². The van der Waals surface area contributed by atoms with E-state index in [4.69, 9.17) is 21.1 Å². The Balaban J connectivity index is 1.62. The predicted octanol–water partition coefficient (Wildman–Crippen LogP) is 4.16. The summed E-state index contributed by atoms with van der Waals surface area (Å²) in [5, 5.41) is 8.15. The van der Waals surface area contributed by atoms with Gasteiger partial charge in [0.2, 0.25) is 5.91 Å². The maximum Gasteiger partial charge on any atom is 0.271 e. The van der Waals surface area contributed by atoms with Crippen LogP contribution in [0.1, 0.15) is 16.1 Å². The Morgan fingerprint density at radius 2 is 1.90 bits per heavy atom. The van der Waals surface area contributed by atoms with Gasteiger partial charge in [-0.1, -0.05) is 17.7 Å². The molecule has 0 unspecified atom stereocenters. The second-order valence-electron chi connectivity index (χ2n) is 6.25. The van der Waals surface area contributed by atoms with E-state index in [2.05, 4.69) is 15.6 Å². The third-order valence-corrected chi connectivity index (χ3v) is 5.62. The zero-order valence-corrected chi connectivity index (χ0v) is 18.2. The number of hydrogen-bond donors (Lipinski definition) is 2. The first kappa shape index (κ1) is 21.6. The van der Waals surface area contributed by atoms with Crippen LogP contribution < -0.4 is 20.1 Å². The maximum absolute atomic E-state index is 12.4. The smallest absolute Gasteiger partial charge is 0.271 e. The van der Waals surface area contributed by atoms with Gasteiger partial charge in [0, 0.05) is 21.7 Å². The van der Waals surface area contributed by atoms with Crippen molar-refractivity contribution >= 4 is 40.4 Å². The molecule has 0 spiro atoms. The summed E-state index contributed by atoms with van der Waals surface area (Å²) in [6, 6.07) is 10.6. The van der Waals surface area contributed by atoms with Gasteiger partial charge in [0.15, 0.2) is 11.5 Å². The lowest BCUT2D eigenvalue weighted by Crippen LogP contribution is -2.33. The summed E-state index contributed by atoms with van der Waals surface area (Å²) in [7, 11) is 3.12. The molecule has 0 atom stereocenters. The van der Waals surface area contributed by atoms with Crippen molar-refractivity contribution in [1.82, 2.24) is 10.3 Å². The highest BCUT2D eigenvalue weighted by atomic mass is 35.5. The van der Waals surface area contributed by atoms with Crippen molar-refractivity contribution in [2.24, 2.45) is 0 Å². The Hall–Kier alpha value is -3.10. The molecule has 7 nitrogen and oxygen atoms in total. The molecule has 2 aromatic carbocycles. The van der Waals surface area contributed by atoms with E-state index < -0.39 is 5.91 Å². The van der Waals surface area contributed by atoms with E-state index >= 15 is 0 Å². The van der Waals surface area contributed by atoms with Crippen LogP contribution in [0.5, 0.6) is 11.5 Å². The van der Waals surface area contributed by atoms with Gasteiger partial charge in [-0.05, 0) is 42.8 Å². The first-order valence-electron chi connectivity index (χ1n) is 8.94. The second kappa shape index (κ2) is 9.60. The quantitative estimate of drug-likeness (QED) is 0.570. The van der Waals surface area contributed by atoms with Gasteiger partial charge in [0.05, 0.1) is 20.8 Å². The highest BCUT2D eigenvalue weighted by Gasteiger charge is 2.15. The van der Waals surface area contributed by atoms with Gasteiger partial charge in [0.1, 0.15) is 10.7 Å². The molecule has 2 N–H and O–H groups in total. The Morgan fingerprint density at radius 3 is 2.63 bits per heavy atom. The van der Waals surface area contributed by atoms with Gasteiger partial charge >= 0.3 is 0 Å². The highest BCUT2D eigenvalue weighted by Crippen LogP contribution is 2.33. The standard InChI is InChI=1S/C21H20ClN3O4S/c1-12-14(22)5-4-6-15(12)24-19(26)10-23-20(27)16-11-30-21(25-16)13-7-8-17(28-2)18(9-13)29-3/h4-9,11H,10H2,1-3H3,(H,23,27)(H,24,26). The fraction of sp³-hybridized carbons (Fsp3) is 0.190. The van der Waals surface area contributed by atoms with E-state index in [1.807, 2.05) is 13.0 Å². The number of carbonyl (C=O) groups excluding carboxylic acids is 2. The molecule has 1 aromatic heterocycles. The van der Waals surface area contributed by atoms with Crippen molar-refractivity contribution < 1.29 is 19.1 Å². The number of benzene rings is 2. The molecular weight excluding hydrogens is 426 g/mol. The number of ether oxygens (including phenoxy) is 2. The zero-order chi connectivity index (χ0) is 21.7. The summed E-state index contributed by atoms with van der Waals surface area (Å²) in [4.78, 5) is 28.9. The Bertz CT molecular complexity index is 1080. The first-order valence-corrected chi connectivity index (χ1v) is 10.2. The largest absolute Gasteiger partial charge is 0.493 e. The van der Waals surface area contributed by atoms with Crippen molar-refractivity contribution in [2.45, 2.75) is 6.92 Å². The maximum atomic E-state index is 12.4. The van der Waals surface area contributed by atoms with Gasteiger partial charge in [-0.25, -0.2) is 4.98 Å². The van der Waals surface area contributed by atoms with Crippen LogP contribution in [-0.4, -0.2) is 37.6 Å². The monoisotopic (exact) mass is 445 g/mol. The molecule has 0 saturated heterocycles. The molecule has 0 aliphatic carbocycles. The lowest BCUT2D eigenvalue weighted by Gasteiger charge is -2.09. The molecule has 3 rings (SSSR count). The van der Waals surface area contributed by atoms with Crippen LogP contribution in [0.15, 0.2) is 41.8 Å². The zero-order valence-electron chi connectivity index (χ0n) is 16.6. The molecule has 2 amide bonds. The lowest BCUT2D eigenvalue weighted by molar-refractivity contribution is -0.115. The van der Waals surface area contributed by atoms with Crippen LogP contribution in [0.3, 0.4) is 0 Å². The molecule has 0 radical (unpaired) electrons. The number of methoxy groups -OCH3 is 2. The fourth-order valence-electron chi connectivity index (χ4n) is 2.67. The Labute approximate surface area is 183 Å². The Morgan fingerprint density at radius 1 is 1.13 bits per heavy atom. The average molecular weight is 446 g/mol. The molecule has 30 heavy (non-hydrogen) atoms. The van der Waals surface area contributed by atoms with E-state index in [1.54, 1.807) is 49.9 Å². The van der Waals surface area contributed by atoms with E-state index in [1.165, 1.54) is 11.3 Å². The number of rotatable bonds is 7. The number of aromatic nitrogens is 1. The van der Waals surface area contributed by atoms with Crippen molar-refractivity contribution in [1.29, 1.82) is 0 Å². The molecule has 0 saturated carbocycles. The number of amides is 2. The van der Waals surface area contributed by atoms with E-state index in [-0.39, 0.29) is 18.1 Å². The normalized spacial score (nSPS) is 10.4. The number of nitrogens with zero attached hydrogens (tertiary/aromatic N) is 1. The number of nitrogens with one attached hydrogen (secondary N) is 2. The third kappa shape index (κ3) is 4.90. The predicted molar refractivity (Wildman–Crippen MR) is 118 cm³/mol. The van der Waals surface area contributed by atoms with Crippen LogP contribution in [-0.2, 0) is 4.79 Å². The third-order valence-electron chi connectivity index (χ3n) is 4.32. The van der Waals surface area contributed by atoms with Gasteiger partial charge < -0.3 is 20.1 Å². The van der Waals surface area contributed by atoms with Crippen molar-refractivity contribution in [3.8, 4) is 22.1 Å². The molecule has 0 aliphatic rings. The minimum atomic E-state index is -0.434. The lowest BCUT2D eigenvalue weighted by atomic mass is 10.2. The number of halogens is 1. The molecule has 0 aliphatic heterocycles. The summed E-state index contributed by atoms with van der Waals surface area (Å²) in [5.41, 5.74) is 2.39. The van der Waals surface area contributed by atoms with Crippen LogP contribution >= 0.6 is 22.9 Å². The highest BCUT2D eigenvalue weighted by molar-refractivity contribution is 7.13. The first-order chi connectivity index (χ1) is 14.4. The van der Waals surface area contributed by atoms with E-state index in [0.717, 1.165) is 11.1 Å². The number of hydrogen-bond acceptors (Lipinski definition) is 6. The Kier molecular flexibility index (Phi) is 6.91. The van der Waals surface area contributed by atoms with Crippen LogP contribution in [0.25, 0.3) is 10.6 Å². The van der Waals surface area contributed by atoms with Crippen LogP contribution in [0, 0.1) is 6.92 Å². The van der Waals surface area contributed by atoms with E-state index in [0.29, 0.717) is 27.2 Å². The summed E-state index contributed by atoms with van der Waals surface area (Å²) in [6.07, 6.45) is 0. The molecule has 1 heterocycles. The van der Waals surface area contributed by atoms with Crippen molar-refractivity contribution in [3.63, 3.8) is 0 Å². The molecule has 9 heteroatoms. The van der Waals surface area contributed by atoms with Gasteiger partial charge in [-0.15, -0.1) is 11.3 Å². The van der Waals surface area contributed by atoms with Gasteiger partial charge in [0.25, 0.3) is 5.91 Å². The molecular formula is C21H20ClN3O4S. The summed E-state index contributed by atoms with van der Waals surface area (Å²) in [6.45, 7) is 1.62. The van der Waals surface area contributed by atoms with Crippen molar-refractivity contribution in [2.75, 3.05) is 26.1 Å². The average Bonchev–Trinajstić information content (AvgIpc) is 3.25.